The summed E-state index contributed by atoms with van der Waals surface area (Å²) in [5.74, 6) is 0.508. The first-order valence-corrected chi connectivity index (χ1v) is 14.2. The maximum absolute atomic E-state index is 11.4. The van der Waals surface area contributed by atoms with Crippen LogP contribution in [0.5, 0.6) is 11.5 Å². The maximum Gasteiger partial charge on any atom is 0.330 e. The van der Waals surface area contributed by atoms with Crippen LogP contribution >= 0.6 is 0 Å². The van der Waals surface area contributed by atoms with E-state index in [1.54, 1.807) is 0 Å². The van der Waals surface area contributed by atoms with E-state index in [4.69, 9.17) is 18.9 Å². The van der Waals surface area contributed by atoms with Gasteiger partial charge in [0.05, 0.1) is 5.41 Å². The zero-order valence-corrected chi connectivity index (χ0v) is 24.4. The zero-order valence-electron chi connectivity index (χ0n) is 24.4. The fraction of sp³-hybridized carbons (Fsp3) is 0.189. The van der Waals surface area contributed by atoms with Crippen LogP contribution in [0.3, 0.4) is 0 Å². The molecule has 5 rings (SSSR count). The summed E-state index contributed by atoms with van der Waals surface area (Å²) in [6.07, 6.45) is 2.27. The van der Waals surface area contributed by atoms with Crippen LogP contribution in [0, 0.1) is 13.8 Å². The molecule has 0 unspecified atom stereocenters. The van der Waals surface area contributed by atoms with Crippen LogP contribution in [0.2, 0.25) is 0 Å². The summed E-state index contributed by atoms with van der Waals surface area (Å²) >= 11 is 0. The molecule has 0 amide bonds. The molecule has 0 atom stereocenters. The van der Waals surface area contributed by atoms with Crippen molar-refractivity contribution < 1.29 is 28.5 Å². The van der Waals surface area contributed by atoms with Crippen molar-refractivity contribution in [1.29, 1.82) is 0 Å². The fourth-order valence-electron chi connectivity index (χ4n) is 5.82. The lowest BCUT2D eigenvalue weighted by Gasteiger charge is -2.34. The number of carbonyl (C=O) groups excluding carboxylic acids is 2. The molecule has 0 saturated carbocycles. The first-order valence-electron chi connectivity index (χ1n) is 14.2. The van der Waals surface area contributed by atoms with E-state index in [9.17, 15) is 9.59 Å². The van der Waals surface area contributed by atoms with Gasteiger partial charge in [-0.25, -0.2) is 9.59 Å². The lowest BCUT2D eigenvalue weighted by molar-refractivity contribution is -0.139. The van der Waals surface area contributed by atoms with Crippen molar-refractivity contribution in [2.75, 3.05) is 26.4 Å². The Kier molecular flexibility index (Phi) is 8.77. The van der Waals surface area contributed by atoms with Crippen LogP contribution in [0.1, 0.15) is 33.4 Å². The normalized spacial score (nSPS) is 12.4. The molecule has 1 aliphatic rings. The third-order valence-electron chi connectivity index (χ3n) is 7.67. The summed E-state index contributed by atoms with van der Waals surface area (Å²) in [6, 6.07) is 29.7. The molecule has 0 aromatic heterocycles. The number of hydrogen-bond acceptors (Lipinski definition) is 6. The summed E-state index contributed by atoms with van der Waals surface area (Å²) < 4.78 is 22.0. The zero-order chi connectivity index (χ0) is 30.4. The van der Waals surface area contributed by atoms with Gasteiger partial charge in [-0.2, -0.15) is 0 Å². The van der Waals surface area contributed by atoms with Crippen LogP contribution in [0.15, 0.2) is 110 Å². The number of ether oxygens (including phenoxy) is 4. The second-order valence-corrected chi connectivity index (χ2v) is 10.2. The summed E-state index contributed by atoms with van der Waals surface area (Å²) in [5.41, 5.74) is 8.37. The Morgan fingerprint density at radius 2 is 1.05 bits per heavy atom. The highest BCUT2D eigenvalue weighted by molar-refractivity contribution is 5.86. The van der Waals surface area contributed by atoms with Crippen molar-refractivity contribution in [3.63, 3.8) is 0 Å². The van der Waals surface area contributed by atoms with Gasteiger partial charge in [-0.3, -0.25) is 0 Å². The highest BCUT2D eigenvalue weighted by Crippen LogP contribution is 2.56. The topological polar surface area (TPSA) is 71.1 Å². The molecule has 6 nitrogen and oxygen atoms in total. The summed E-state index contributed by atoms with van der Waals surface area (Å²) in [7, 11) is 0. The van der Waals surface area contributed by atoms with E-state index in [-0.39, 0.29) is 26.4 Å². The number of esters is 2. The lowest BCUT2D eigenvalue weighted by atomic mass is 9.67. The number of aryl methyl sites for hydroxylation is 2. The van der Waals surface area contributed by atoms with E-state index in [1.807, 2.05) is 26.0 Å². The van der Waals surface area contributed by atoms with Crippen LogP contribution in [0.4, 0.5) is 0 Å². The second kappa shape index (κ2) is 12.8. The molecule has 0 aliphatic heterocycles. The summed E-state index contributed by atoms with van der Waals surface area (Å²) in [4.78, 5) is 22.8. The molecule has 4 aromatic rings. The Morgan fingerprint density at radius 3 is 1.44 bits per heavy atom. The third-order valence-corrected chi connectivity index (χ3v) is 7.67. The largest absolute Gasteiger partial charge is 0.490 e. The Morgan fingerprint density at radius 1 is 0.628 bits per heavy atom. The van der Waals surface area contributed by atoms with Crippen molar-refractivity contribution in [3.8, 4) is 22.6 Å². The van der Waals surface area contributed by atoms with Crippen molar-refractivity contribution >= 4 is 11.9 Å². The van der Waals surface area contributed by atoms with Gasteiger partial charge in [0.25, 0.3) is 0 Å². The average Bonchev–Trinajstić information content (AvgIpc) is 3.33. The Labute approximate surface area is 252 Å². The van der Waals surface area contributed by atoms with Crippen molar-refractivity contribution in [2.24, 2.45) is 0 Å². The van der Waals surface area contributed by atoms with Gasteiger partial charge in [-0.15, -0.1) is 0 Å². The van der Waals surface area contributed by atoms with Crippen molar-refractivity contribution in [3.05, 3.63) is 144 Å². The van der Waals surface area contributed by atoms with Gasteiger partial charge < -0.3 is 18.9 Å². The molecule has 218 valence electrons. The van der Waals surface area contributed by atoms with Crippen LogP contribution in [-0.4, -0.2) is 38.4 Å². The molecule has 1 aliphatic carbocycles. The number of carbonyl (C=O) groups is 2. The number of hydrogen-bond donors (Lipinski definition) is 0. The fourth-order valence-corrected chi connectivity index (χ4v) is 5.82. The summed E-state index contributed by atoms with van der Waals surface area (Å²) in [5, 5.41) is 0. The predicted octanol–water partition coefficient (Wildman–Crippen LogP) is 6.88. The predicted molar refractivity (Wildman–Crippen MR) is 167 cm³/mol. The van der Waals surface area contributed by atoms with Crippen LogP contribution in [0.25, 0.3) is 11.1 Å². The SMILES string of the molecule is C=CC(=O)OCCOc1ccc(C2(c3ccc(OCCOC(=O)C=C)c(C)c3)c3ccccc3-c3ccccc32)cc1C. The van der Waals surface area contributed by atoms with Crippen molar-refractivity contribution in [1.82, 2.24) is 0 Å². The Balaban J connectivity index is 1.55. The summed E-state index contributed by atoms with van der Waals surface area (Å²) in [6.45, 7) is 11.6. The average molecular weight is 575 g/mol. The van der Waals surface area contributed by atoms with E-state index in [0.29, 0.717) is 0 Å². The minimum atomic E-state index is -0.585. The number of fused-ring (bicyclic) bond motifs is 3. The molecule has 0 N–H and O–H groups in total. The van der Waals surface area contributed by atoms with Gasteiger partial charge in [0.2, 0.25) is 0 Å². The molecule has 6 heteroatoms. The maximum atomic E-state index is 11.4. The first kappa shape index (κ1) is 29.4. The molecular weight excluding hydrogens is 540 g/mol. The molecule has 4 aromatic carbocycles. The minimum absolute atomic E-state index is 0.140. The molecule has 43 heavy (non-hydrogen) atoms. The Hall–Kier alpha value is -5.10. The third kappa shape index (κ3) is 5.69. The molecule has 0 fully saturated rings. The second-order valence-electron chi connectivity index (χ2n) is 10.2. The Bertz CT molecular complexity index is 1560. The van der Waals surface area contributed by atoms with E-state index >= 15 is 0 Å². The van der Waals surface area contributed by atoms with E-state index in [0.717, 1.165) is 45.9 Å². The smallest absolute Gasteiger partial charge is 0.330 e. The van der Waals surface area contributed by atoms with Crippen LogP contribution in [-0.2, 0) is 24.5 Å². The van der Waals surface area contributed by atoms with Gasteiger partial charge >= 0.3 is 11.9 Å². The van der Waals surface area contributed by atoms with E-state index < -0.39 is 17.4 Å². The standard InChI is InChI=1S/C37H34O6/c1-5-35(38)42-21-19-40-33-17-15-27(23-25(33)3)37(31-13-9-7-11-29(31)30-12-8-10-14-32(30)37)28-16-18-34(26(4)24-28)41-20-22-43-36(39)6-2/h5-18,23-24H,1-2,19-22H2,3-4H3. The van der Waals surface area contributed by atoms with Crippen LogP contribution < -0.4 is 9.47 Å². The molecule has 0 spiro atoms. The molecule has 0 bridgehead atoms. The lowest BCUT2D eigenvalue weighted by Crippen LogP contribution is -2.29. The molecular formula is C37H34O6. The first-order chi connectivity index (χ1) is 20.9. The van der Waals surface area contributed by atoms with Gasteiger partial charge in [0, 0.05) is 12.2 Å². The van der Waals surface area contributed by atoms with Crippen molar-refractivity contribution in [2.45, 2.75) is 19.3 Å². The van der Waals surface area contributed by atoms with Gasteiger partial charge in [-0.05, 0) is 70.5 Å². The molecule has 0 radical (unpaired) electrons. The van der Waals surface area contributed by atoms with Gasteiger partial charge in [0.15, 0.2) is 0 Å². The number of benzene rings is 4. The monoisotopic (exact) mass is 574 g/mol. The van der Waals surface area contributed by atoms with E-state index in [2.05, 4.69) is 86.0 Å². The molecule has 0 saturated heterocycles. The number of rotatable bonds is 12. The highest BCUT2D eigenvalue weighted by Gasteiger charge is 2.46. The van der Waals surface area contributed by atoms with Gasteiger partial charge in [-0.1, -0.05) is 86.0 Å². The minimum Gasteiger partial charge on any atom is -0.490 e. The van der Waals surface area contributed by atoms with Gasteiger partial charge in [0.1, 0.15) is 37.9 Å². The highest BCUT2D eigenvalue weighted by atomic mass is 16.6. The quantitative estimate of drug-likeness (QED) is 0.0919. The molecule has 0 heterocycles. The van der Waals surface area contributed by atoms with E-state index in [1.165, 1.54) is 22.3 Å².